The standard InChI is InChI=1S/C15H14ClOP/c1-18(16)17-10-15-13-8-4-2-6-11(13)12-7-3-5-9-14(12)15/h2-9,15H,10H2,1H3. The molecule has 18 heavy (non-hydrogen) atoms. The van der Waals surface area contributed by atoms with Gasteiger partial charge in [0.25, 0.3) is 0 Å². The van der Waals surface area contributed by atoms with Crippen LogP contribution in [0.25, 0.3) is 11.1 Å². The Morgan fingerprint density at radius 2 is 1.50 bits per heavy atom. The summed E-state index contributed by atoms with van der Waals surface area (Å²) in [5.74, 6) is 0.320. The topological polar surface area (TPSA) is 9.23 Å². The molecule has 2 aromatic carbocycles. The molecule has 3 heteroatoms. The Balaban J connectivity index is 2.03. The van der Waals surface area contributed by atoms with Crippen LogP contribution in [-0.2, 0) is 4.52 Å². The zero-order valence-corrected chi connectivity index (χ0v) is 11.8. The van der Waals surface area contributed by atoms with E-state index in [1.165, 1.54) is 22.3 Å². The molecule has 0 amide bonds. The van der Waals surface area contributed by atoms with Crippen molar-refractivity contribution in [1.82, 2.24) is 0 Å². The Kier molecular flexibility index (Phi) is 3.39. The van der Waals surface area contributed by atoms with Gasteiger partial charge in [-0.25, -0.2) is 0 Å². The summed E-state index contributed by atoms with van der Waals surface area (Å²) in [6.45, 7) is 2.59. The summed E-state index contributed by atoms with van der Waals surface area (Å²) >= 11 is 5.95. The molecule has 0 aliphatic heterocycles. The van der Waals surface area contributed by atoms with Crippen LogP contribution in [0, 0.1) is 0 Å². The minimum Gasteiger partial charge on any atom is -0.342 e. The van der Waals surface area contributed by atoms with Gasteiger partial charge in [-0.3, -0.25) is 0 Å². The molecule has 0 fully saturated rings. The monoisotopic (exact) mass is 276 g/mol. The van der Waals surface area contributed by atoms with Gasteiger partial charge in [0, 0.05) is 5.92 Å². The summed E-state index contributed by atoms with van der Waals surface area (Å²) < 4.78 is 5.67. The quantitative estimate of drug-likeness (QED) is 0.717. The molecule has 0 aromatic heterocycles. The lowest BCUT2D eigenvalue weighted by Gasteiger charge is -2.14. The number of rotatable bonds is 3. The van der Waals surface area contributed by atoms with Crippen molar-refractivity contribution < 1.29 is 4.52 Å². The second-order valence-corrected chi connectivity index (χ2v) is 6.97. The molecule has 0 bridgehead atoms. The van der Waals surface area contributed by atoms with E-state index in [1.54, 1.807) is 0 Å². The van der Waals surface area contributed by atoms with E-state index in [0.717, 1.165) is 0 Å². The highest BCUT2D eigenvalue weighted by Gasteiger charge is 2.28. The third kappa shape index (κ3) is 2.07. The maximum absolute atomic E-state index is 5.95. The second-order valence-electron chi connectivity index (χ2n) is 4.44. The lowest BCUT2D eigenvalue weighted by atomic mass is 9.98. The summed E-state index contributed by atoms with van der Waals surface area (Å²) in [6.07, 6.45) is 0. The summed E-state index contributed by atoms with van der Waals surface area (Å²) in [4.78, 5) is 0. The zero-order chi connectivity index (χ0) is 12.5. The van der Waals surface area contributed by atoms with Crippen LogP contribution in [0.15, 0.2) is 48.5 Å². The molecule has 1 atom stereocenters. The van der Waals surface area contributed by atoms with Crippen molar-refractivity contribution in [2.75, 3.05) is 13.3 Å². The molecule has 1 aliphatic carbocycles. The molecule has 3 rings (SSSR count). The first-order chi connectivity index (χ1) is 8.77. The van der Waals surface area contributed by atoms with Crippen LogP contribution in [-0.4, -0.2) is 13.3 Å². The zero-order valence-electron chi connectivity index (χ0n) is 10.1. The van der Waals surface area contributed by atoms with Crippen molar-refractivity contribution in [3.8, 4) is 11.1 Å². The van der Waals surface area contributed by atoms with Crippen LogP contribution < -0.4 is 0 Å². The molecular weight excluding hydrogens is 263 g/mol. The summed E-state index contributed by atoms with van der Waals surface area (Å²) in [5.41, 5.74) is 5.37. The molecule has 0 saturated carbocycles. The van der Waals surface area contributed by atoms with Crippen molar-refractivity contribution >= 4 is 18.7 Å². The molecule has 0 spiro atoms. The highest BCUT2D eigenvalue weighted by molar-refractivity contribution is 7.79. The summed E-state index contributed by atoms with van der Waals surface area (Å²) in [5, 5.41) is 0. The number of halogens is 1. The second kappa shape index (κ2) is 5.01. The van der Waals surface area contributed by atoms with Gasteiger partial charge >= 0.3 is 0 Å². The minimum atomic E-state index is -0.823. The Hall–Kier alpha value is -0.880. The maximum Gasteiger partial charge on any atom is 0.121 e. The predicted molar refractivity (Wildman–Crippen MR) is 78.4 cm³/mol. The van der Waals surface area contributed by atoms with Crippen LogP contribution in [0.5, 0.6) is 0 Å². The lowest BCUT2D eigenvalue weighted by molar-refractivity contribution is 0.346. The average Bonchev–Trinajstić information content (AvgIpc) is 2.71. The fraction of sp³-hybridized carbons (Fsp3) is 0.200. The van der Waals surface area contributed by atoms with Gasteiger partial charge in [0.2, 0.25) is 0 Å². The van der Waals surface area contributed by atoms with Crippen LogP contribution in [0.3, 0.4) is 0 Å². The Labute approximate surface area is 113 Å². The van der Waals surface area contributed by atoms with Crippen molar-refractivity contribution in [2.24, 2.45) is 0 Å². The highest BCUT2D eigenvalue weighted by Crippen LogP contribution is 2.47. The SMILES string of the molecule is CP(Cl)OCC1c2ccccc2-c2ccccc21. The van der Waals surface area contributed by atoms with Crippen molar-refractivity contribution in [3.05, 3.63) is 59.7 Å². The fourth-order valence-corrected chi connectivity index (χ4v) is 3.14. The third-order valence-electron chi connectivity index (χ3n) is 3.38. The first kappa shape index (κ1) is 12.2. The first-order valence-corrected chi connectivity index (χ1v) is 8.59. The van der Waals surface area contributed by atoms with Crippen LogP contribution >= 0.6 is 18.7 Å². The van der Waals surface area contributed by atoms with Gasteiger partial charge in [-0.05, 0) is 28.9 Å². The van der Waals surface area contributed by atoms with E-state index in [1.807, 2.05) is 6.66 Å². The van der Waals surface area contributed by atoms with Gasteiger partial charge in [-0.2, -0.15) is 0 Å². The van der Waals surface area contributed by atoms with Gasteiger partial charge in [-0.1, -0.05) is 59.8 Å². The number of fused-ring (bicyclic) bond motifs is 3. The Morgan fingerprint density at radius 3 is 2.00 bits per heavy atom. The highest BCUT2D eigenvalue weighted by atomic mass is 35.7. The third-order valence-corrected chi connectivity index (χ3v) is 4.18. The van der Waals surface area contributed by atoms with Gasteiger partial charge in [0.15, 0.2) is 0 Å². The lowest BCUT2D eigenvalue weighted by Crippen LogP contribution is -2.03. The van der Waals surface area contributed by atoms with E-state index in [4.69, 9.17) is 15.8 Å². The van der Waals surface area contributed by atoms with E-state index in [2.05, 4.69) is 48.5 Å². The number of hydrogen-bond acceptors (Lipinski definition) is 1. The van der Waals surface area contributed by atoms with E-state index < -0.39 is 7.50 Å². The molecule has 1 nitrogen and oxygen atoms in total. The van der Waals surface area contributed by atoms with E-state index in [9.17, 15) is 0 Å². The van der Waals surface area contributed by atoms with Crippen LogP contribution in [0.1, 0.15) is 17.0 Å². The molecule has 0 N–H and O–H groups in total. The Morgan fingerprint density at radius 1 is 1.00 bits per heavy atom. The molecular formula is C15H14ClOP. The number of benzene rings is 2. The fourth-order valence-electron chi connectivity index (χ4n) is 2.62. The van der Waals surface area contributed by atoms with Crippen LogP contribution in [0.2, 0.25) is 0 Å². The van der Waals surface area contributed by atoms with Gasteiger partial charge < -0.3 is 4.52 Å². The Bertz CT molecular complexity index is 522. The van der Waals surface area contributed by atoms with Gasteiger partial charge in [-0.15, -0.1) is 0 Å². The van der Waals surface area contributed by atoms with Crippen molar-refractivity contribution in [2.45, 2.75) is 5.92 Å². The van der Waals surface area contributed by atoms with Gasteiger partial charge in [0.1, 0.15) is 7.50 Å². The molecule has 0 heterocycles. The first-order valence-electron chi connectivity index (χ1n) is 5.98. The summed E-state index contributed by atoms with van der Waals surface area (Å²) in [7, 11) is -0.823. The van der Waals surface area contributed by atoms with E-state index >= 15 is 0 Å². The summed E-state index contributed by atoms with van der Waals surface area (Å²) in [6, 6.07) is 17.1. The molecule has 0 saturated heterocycles. The van der Waals surface area contributed by atoms with E-state index in [-0.39, 0.29) is 0 Å². The molecule has 1 aliphatic rings. The largest absolute Gasteiger partial charge is 0.342 e. The smallest absolute Gasteiger partial charge is 0.121 e. The van der Waals surface area contributed by atoms with Crippen LogP contribution in [0.4, 0.5) is 0 Å². The minimum absolute atomic E-state index is 0.320. The molecule has 92 valence electrons. The molecule has 1 unspecified atom stereocenters. The normalized spacial score (nSPS) is 15.2. The van der Waals surface area contributed by atoms with Crippen molar-refractivity contribution in [3.63, 3.8) is 0 Å². The predicted octanol–water partition coefficient (Wildman–Crippen LogP) is 5.00. The molecule has 0 radical (unpaired) electrons. The van der Waals surface area contributed by atoms with E-state index in [0.29, 0.717) is 12.5 Å². The maximum atomic E-state index is 5.95. The average molecular weight is 277 g/mol. The molecule has 2 aromatic rings. The van der Waals surface area contributed by atoms with Gasteiger partial charge in [0.05, 0.1) is 6.61 Å². The number of hydrogen-bond donors (Lipinski definition) is 0. The van der Waals surface area contributed by atoms with Crippen molar-refractivity contribution in [1.29, 1.82) is 0 Å².